The van der Waals surface area contributed by atoms with Crippen molar-refractivity contribution in [1.29, 1.82) is 0 Å². The average molecular weight is 340 g/mol. The third kappa shape index (κ3) is 3.78. The van der Waals surface area contributed by atoms with Crippen LogP contribution in [0.5, 0.6) is 0 Å². The molecule has 25 heavy (non-hydrogen) atoms. The van der Waals surface area contributed by atoms with Gasteiger partial charge in [-0.2, -0.15) is 0 Å². The fraction of sp³-hybridized carbons (Fsp3) is 0.450. The largest absolute Gasteiger partial charge is 0.468 e. The van der Waals surface area contributed by atoms with E-state index in [1.165, 1.54) is 0 Å². The number of ether oxygens (including phenoxy) is 1. The summed E-state index contributed by atoms with van der Waals surface area (Å²) in [5.41, 5.74) is 1.65. The molecular formula is C20H24N2O3. The van der Waals surface area contributed by atoms with Gasteiger partial charge in [0.05, 0.1) is 25.0 Å². The number of carbonyl (C=O) groups excluding carboxylic acids is 1. The first kappa shape index (κ1) is 16.4. The number of amides is 1. The Hall–Kier alpha value is -2.11. The second-order valence-corrected chi connectivity index (χ2v) is 6.72. The highest BCUT2D eigenvalue weighted by Crippen LogP contribution is 2.42. The van der Waals surface area contributed by atoms with Crippen LogP contribution < -0.4 is 4.90 Å². The fourth-order valence-electron chi connectivity index (χ4n) is 3.33. The lowest BCUT2D eigenvalue weighted by Gasteiger charge is -2.30. The molecule has 5 nitrogen and oxygen atoms in total. The molecule has 0 spiro atoms. The highest BCUT2D eigenvalue weighted by Gasteiger charge is 2.33. The number of rotatable bonds is 6. The SMILES string of the molecule is O=C(c1ccoc1C1CC1)N(CCN1CCOCC1)c1ccccc1. The summed E-state index contributed by atoms with van der Waals surface area (Å²) < 4.78 is 11.0. The van der Waals surface area contributed by atoms with E-state index in [-0.39, 0.29) is 5.91 Å². The van der Waals surface area contributed by atoms with Gasteiger partial charge in [-0.1, -0.05) is 18.2 Å². The fourth-order valence-corrected chi connectivity index (χ4v) is 3.33. The molecule has 4 rings (SSSR count). The number of hydrogen-bond acceptors (Lipinski definition) is 4. The molecule has 2 fully saturated rings. The molecule has 2 heterocycles. The van der Waals surface area contributed by atoms with E-state index in [1.807, 2.05) is 41.3 Å². The predicted octanol–water partition coefficient (Wildman–Crippen LogP) is 3.14. The number of benzene rings is 1. The first-order valence-electron chi connectivity index (χ1n) is 9.07. The van der Waals surface area contributed by atoms with Crippen molar-refractivity contribution in [2.45, 2.75) is 18.8 Å². The van der Waals surface area contributed by atoms with Gasteiger partial charge >= 0.3 is 0 Å². The maximum atomic E-state index is 13.3. The molecule has 0 bridgehead atoms. The monoisotopic (exact) mass is 340 g/mol. The lowest BCUT2D eigenvalue weighted by molar-refractivity contribution is 0.0391. The van der Waals surface area contributed by atoms with Gasteiger partial charge in [0.1, 0.15) is 5.76 Å². The second kappa shape index (κ2) is 7.42. The average Bonchev–Trinajstić information content (AvgIpc) is 3.40. The summed E-state index contributed by atoms with van der Waals surface area (Å²) in [7, 11) is 0. The van der Waals surface area contributed by atoms with Crippen molar-refractivity contribution >= 4 is 11.6 Å². The maximum Gasteiger partial charge on any atom is 0.261 e. The Balaban J connectivity index is 1.54. The van der Waals surface area contributed by atoms with Crippen LogP contribution in [0.25, 0.3) is 0 Å². The number of carbonyl (C=O) groups is 1. The smallest absolute Gasteiger partial charge is 0.261 e. The molecule has 1 saturated heterocycles. The van der Waals surface area contributed by atoms with Crippen LogP contribution >= 0.6 is 0 Å². The summed E-state index contributed by atoms with van der Waals surface area (Å²) in [6, 6.07) is 11.7. The highest BCUT2D eigenvalue weighted by atomic mass is 16.5. The van der Waals surface area contributed by atoms with Gasteiger partial charge in [0.15, 0.2) is 0 Å². The van der Waals surface area contributed by atoms with Crippen LogP contribution in [0.4, 0.5) is 5.69 Å². The normalized spacial score (nSPS) is 18.2. The van der Waals surface area contributed by atoms with Crippen molar-refractivity contribution in [3.05, 3.63) is 54.0 Å². The summed E-state index contributed by atoms with van der Waals surface area (Å²) in [6.07, 6.45) is 3.88. The zero-order valence-electron chi connectivity index (χ0n) is 14.4. The van der Waals surface area contributed by atoms with E-state index in [1.54, 1.807) is 6.26 Å². The Labute approximate surface area is 148 Å². The molecule has 0 unspecified atom stereocenters. The van der Waals surface area contributed by atoms with E-state index < -0.39 is 0 Å². The number of morpholine rings is 1. The van der Waals surface area contributed by atoms with Crippen LogP contribution in [0.2, 0.25) is 0 Å². The van der Waals surface area contributed by atoms with Gasteiger partial charge in [-0.05, 0) is 31.0 Å². The summed E-state index contributed by atoms with van der Waals surface area (Å²) in [6.45, 7) is 4.91. The molecule has 132 valence electrons. The first-order chi connectivity index (χ1) is 12.3. The molecule has 1 amide bonds. The standard InChI is InChI=1S/C20H24N2O3/c23-20(18-8-13-25-19(18)16-6-7-16)22(17-4-2-1-3-5-17)10-9-21-11-14-24-15-12-21/h1-5,8,13,16H,6-7,9-12,14-15H2. The van der Waals surface area contributed by atoms with E-state index in [4.69, 9.17) is 9.15 Å². The molecule has 1 aliphatic heterocycles. The number of nitrogens with zero attached hydrogens (tertiary/aromatic N) is 2. The van der Waals surface area contributed by atoms with Crippen LogP contribution in [0, 0.1) is 0 Å². The van der Waals surface area contributed by atoms with Crippen LogP contribution in [-0.2, 0) is 4.74 Å². The van der Waals surface area contributed by atoms with Crippen LogP contribution in [0.3, 0.4) is 0 Å². The number of anilines is 1. The maximum absolute atomic E-state index is 13.3. The van der Waals surface area contributed by atoms with Gasteiger partial charge in [-0.3, -0.25) is 9.69 Å². The number of hydrogen-bond donors (Lipinski definition) is 0. The van der Waals surface area contributed by atoms with E-state index in [0.717, 1.165) is 57.1 Å². The molecule has 0 radical (unpaired) electrons. The van der Waals surface area contributed by atoms with Gasteiger partial charge in [0.25, 0.3) is 5.91 Å². The molecule has 1 aromatic heterocycles. The van der Waals surface area contributed by atoms with Crippen molar-refractivity contribution in [3.63, 3.8) is 0 Å². The Kier molecular flexibility index (Phi) is 4.85. The summed E-state index contributed by atoms with van der Waals surface area (Å²) >= 11 is 0. The lowest BCUT2D eigenvalue weighted by Crippen LogP contribution is -2.43. The van der Waals surface area contributed by atoms with E-state index in [9.17, 15) is 4.79 Å². The van der Waals surface area contributed by atoms with Gasteiger partial charge < -0.3 is 14.1 Å². The molecule has 5 heteroatoms. The van der Waals surface area contributed by atoms with Crippen molar-refractivity contribution in [2.24, 2.45) is 0 Å². The zero-order chi connectivity index (χ0) is 17.1. The minimum atomic E-state index is 0.0371. The van der Waals surface area contributed by atoms with Crippen molar-refractivity contribution in [3.8, 4) is 0 Å². The Morgan fingerprint density at radius 1 is 1.12 bits per heavy atom. The molecule has 2 aromatic rings. The van der Waals surface area contributed by atoms with Crippen molar-refractivity contribution in [2.75, 3.05) is 44.3 Å². The minimum absolute atomic E-state index is 0.0371. The number of furan rings is 1. The Morgan fingerprint density at radius 2 is 1.88 bits per heavy atom. The lowest BCUT2D eigenvalue weighted by atomic mass is 10.1. The number of para-hydroxylation sites is 1. The molecular weight excluding hydrogens is 316 g/mol. The molecule has 1 aliphatic carbocycles. The molecule has 2 aliphatic rings. The van der Waals surface area contributed by atoms with Crippen molar-refractivity contribution < 1.29 is 13.9 Å². The van der Waals surface area contributed by atoms with Gasteiger partial charge in [0.2, 0.25) is 0 Å². The Morgan fingerprint density at radius 3 is 2.60 bits per heavy atom. The van der Waals surface area contributed by atoms with Gasteiger partial charge in [0, 0.05) is 37.8 Å². The third-order valence-electron chi connectivity index (χ3n) is 4.93. The minimum Gasteiger partial charge on any atom is -0.468 e. The summed E-state index contributed by atoms with van der Waals surface area (Å²) in [5, 5.41) is 0. The van der Waals surface area contributed by atoms with Crippen LogP contribution in [-0.4, -0.2) is 50.2 Å². The topological polar surface area (TPSA) is 45.9 Å². The van der Waals surface area contributed by atoms with E-state index in [0.29, 0.717) is 18.0 Å². The highest BCUT2D eigenvalue weighted by molar-refractivity contribution is 6.06. The molecule has 0 N–H and O–H groups in total. The summed E-state index contributed by atoms with van der Waals surface area (Å²) in [4.78, 5) is 17.5. The third-order valence-corrected chi connectivity index (χ3v) is 4.93. The summed E-state index contributed by atoms with van der Waals surface area (Å²) in [5.74, 6) is 1.32. The second-order valence-electron chi connectivity index (χ2n) is 6.72. The molecule has 1 saturated carbocycles. The van der Waals surface area contributed by atoms with E-state index >= 15 is 0 Å². The van der Waals surface area contributed by atoms with Gasteiger partial charge in [-0.15, -0.1) is 0 Å². The van der Waals surface area contributed by atoms with E-state index in [2.05, 4.69) is 4.90 Å². The van der Waals surface area contributed by atoms with Crippen LogP contribution in [0.15, 0.2) is 47.1 Å². The predicted molar refractivity (Wildman–Crippen MR) is 96.1 cm³/mol. The molecule has 1 aromatic carbocycles. The molecule has 0 atom stereocenters. The first-order valence-corrected chi connectivity index (χ1v) is 9.07. The zero-order valence-corrected chi connectivity index (χ0v) is 14.4. The van der Waals surface area contributed by atoms with Gasteiger partial charge in [-0.25, -0.2) is 0 Å². The Bertz CT molecular complexity index is 703. The van der Waals surface area contributed by atoms with Crippen LogP contribution in [0.1, 0.15) is 34.9 Å². The quantitative estimate of drug-likeness (QED) is 0.810. The van der Waals surface area contributed by atoms with Crippen molar-refractivity contribution in [1.82, 2.24) is 4.90 Å².